The molecule has 84 valence electrons. The predicted molar refractivity (Wildman–Crippen MR) is 66.1 cm³/mol. The fourth-order valence-corrected chi connectivity index (χ4v) is 3.15. The number of methoxy groups -OCH3 is 1. The van der Waals surface area contributed by atoms with Gasteiger partial charge in [0.1, 0.15) is 10.8 Å². The number of fused-ring (bicyclic) bond motifs is 1. The molecular weight excluding hydrogens is 220 g/mol. The second-order valence-electron chi connectivity index (χ2n) is 4.03. The van der Waals surface area contributed by atoms with Gasteiger partial charge in [0.05, 0.1) is 23.4 Å². The number of rotatable bonds is 2. The average molecular weight is 234 g/mol. The minimum atomic E-state index is 0.461. The Kier molecular flexibility index (Phi) is 2.53. The number of thiazole rings is 1. The Morgan fingerprint density at radius 3 is 3.19 bits per heavy atom. The average Bonchev–Trinajstić information content (AvgIpc) is 2.96. The normalized spacial score (nSPS) is 20.4. The summed E-state index contributed by atoms with van der Waals surface area (Å²) in [7, 11) is 1.69. The first kappa shape index (κ1) is 10.1. The van der Waals surface area contributed by atoms with Crippen LogP contribution in [0.4, 0.5) is 0 Å². The zero-order valence-electron chi connectivity index (χ0n) is 9.19. The first-order chi connectivity index (χ1) is 7.86. The Labute approximate surface area is 98.5 Å². The van der Waals surface area contributed by atoms with E-state index in [2.05, 4.69) is 16.4 Å². The molecule has 1 fully saturated rings. The molecule has 0 radical (unpaired) electrons. The minimum Gasteiger partial charge on any atom is -0.497 e. The SMILES string of the molecule is COc1ccc2sc(C3CCCN3)nc2c1. The summed E-state index contributed by atoms with van der Waals surface area (Å²) in [4.78, 5) is 4.68. The van der Waals surface area contributed by atoms with Gasteiger partial charge in [0.2, 0.25) is 0 Å². The largest absolute Gasteiger partial charge is 0.497 e. The zero-order valence-corrected chi connectivity index (χ0v) is 10.0. The van der Waals surface area contributed by atoms with Crippen LogP contribution >= 0.6 is 11.3 Å². The molecule has 4 heteroatoms. The third-order valence-corrected chi connectivity index (χ3v) is 4.12. The van der Waals surface area contributed by atoms with E-state index in [1.54, 1.807) is 18.4 Å². The van der Waals surface area contributed by atoms with E-state index in [0.29, 0.717) is 6.04 Å². The highest BCUT2D eigenvalue weighted by Gasteiger charge is 2.19. The second-order valence-corrected chi connectivity index (χ2v) is 5.10. The Morgan fingerprint density at radius 2 is 2.44 bits per heavy atom. The topological polar surface area (TPSA) is 34.1 Å². The lowest BCUT2D eigenvalue weighted by Crippen LogP contribution is -2.12. The van der Waals surface area contributed by atoms with Crippen LogP contribution in [0.1, 0.15) is 23.9 Å². The molecule has 1 unspecified atom stereocenters. The van der Waals surface area contributed by atoms with E-state index < -0.39 is 0 Å². The van der Waals surface area contributed by atoms with Crippen LogP contribution in [0.2, 0.25) is 0 Å². The van der Waals surface area contributed by atoms with Crippen molar-refractivity contribution in [3.63, 3.8) is 0 Å². The van der Waals surface area contributed by atoms with Gasteiger partial charge in [0.25, 0.3) is 0 Å². The van der Waals surface area contributed by atoms with Gasteiger partial charge in [-0.25, -0.2) is 4.98 Å². The van der Waals surface area contributed by atoms with E-state index in [-0.39, 0.29) is 0 Å². The lowest BCUT2D eigenvalue weighted by molar-refractivity contribution is 0.415. The first-order valence-electron chi connectivity index (χ1n) is 5.55. The molecule has 0 saturated carbocycles. The number of hydrogen-bond acceptors (Lipinski definition) is 4. The van der Waals surface area contributed by atoms with Gasteiger partial charge in [0, 0.05) is 6.07 Å². The molecule has 0 amide bonds. The highest BCUT2D eigenvalue weighted by atomic mass is 32.1. The maximum atomic E-state index is 5.21. The molecule has 1 N–H and O–H groups in total. The molecule has 1 atom stereocenters. The van der Waals surface area contributed by atoms with Crippen molar-refractivity contribution in [3.05, 3.63) is 23.2 Å². The van der Waals surface area contributed by atoms with Gasteiger partial charge in [-0.3, -0.25) is 0 Å². The second kappa shape index (κ2) is 4.03. The molecule has 1 aliphatic rings. The van der Waals surface area contributed by atoms with Crippen LogP contribution in [-0.2, 0) is 0 Å². The Morgan fingerprint density at radius 1 is 1.50 bits per heavy atom. The van der Waals surface area contributed by atoms with E-state index in [4.69, 9.17) is 4.74 Å². The smallest absolute Gasteiger partial charge is 0.121 e. The van der Waals surface area contributed by atoms with Crippen LogP contribution in [0.15, 0.2) is 18.2 Å². The fourth-order valence-electron chi connectivity index (χ4n) is 2.10. The molecule has 1 saturated heterocycles. The van der Waals surface area contributed by atoms with E-state index >= 15 is 0 Å². The van der Waals surface area contributed by atoms with Gasteiger partial charge >= 0.3 is 0 Å². The summed E-state index contributed by atoms with van der Waals surface area (Å²) >= 11 is 1.78. The number of hydrogen-bond donors (Lipinski definition) is 1. The molecule has 1 aromatic carbocycles. The molecule has 2 heterocycles. The third kappa shape index (κ3) is 1.68. The number of nitrogens with zero attached hydrogens (tertiary/aromatic N) is 1. The number of aromatic nitrogens is 1. The van der Waals surface area contributed by atoms with Crippen molar-refractivity contribution in [2.24, 2.45) is 0 Å². The minimum absolute atomic E-state index is 0.461. The van der Waals surface area contributed by atoms with Crippen LogP contribution in [0.3, 0.4) is 0 Å². The molecule has 2 aromatic rings. The molecule has 0 bridgehead atoms. The first-order valence-corrected chi connectivity index (χ1v) is 6.36. The standard InChI is InChI=1S/C12H14N2OS/c1-15-8-4-5-11-10(7-8)14-12(16-11)9-3-2-6-13-9/h4-5,7,9,13H,2-3,6H2,1H3. The number of ether oxygens (including phenoxy) is 1. The zero-order chi connectivity index (χ0) is 11.0. The van der Waals surface area contributed by atoms with Crippen LogP contribution in [0.5, 0.6) is 5.75 Å². The van der Waals surface area contributed by atoms with E-state index in [9.17, 15) is 0 Å². The van der Waals surface area contributed by atoms with Crippen molar-refractivity contribution < 1.29 is 4.74 Å². The Bertz CT molecular complexity index is 503. The van der Waals surface area contributed by atoms with Crippen molar-refractivity contribution in [2.45, 2.75) is 18.9 Å². The summed E-state index contributed by atoms with van der Waals surface area (Å²) in [5.74, 6) is 0.878. The highest BCUT2D eigenvalue weighted by molar-refractivity contribution is 7.18. The van der Waals surface area contributed by atoms with E-state index in [0.717, 1.165) is 17.8 Å². The van der Waals surface area contributed by atoms with Gasteiger partial charge in [-0.1, -0.05) is 0 Å². The van der Waals surface area contributed by atoms with Crippen LogP contribution in [0, 0.1) is 0 Å². The number of nitrogens with one attached hydrogen (secondary N) is 1. The summed E-state index contributed by atoms with van der Waals surface area (Å²) in [6, 6.07) is 6.55. The monoisotopic (exact) mass is 234 g/mol. The molecule has 0 aliphatic carbocycles. The Hall–Kier alpha value is -1.13. The van der Waals surface area contributed by atoms with Crippen LogP contribution in [-0.4, -0.2) is 18.6 Å². The van der Waals surface area contributed by atoms with Crippen molar-refractivity contribution in [2.75, 3.05) is 13.7 Å². The molecule has 3 rings (SSSR count). The quantitative estimate of drug-likeness (QED) is 0.867. The fraction of sp³-hybridized carbons (Fsp3) is 0.417. The Balaban J connectivity index is 2.01. The third-order valence-electron chi connectivity index (χ3n) is 2.97. The summed E-state index contributed by atoms with van der Waals surface area (Å²) in [5.41, 5.74) is 1.05. The summed E-state index contributed by atoms with van der Waals surface area (Å²) in [6.45, 7) is 1.11. The number of benzene rings is 1. The lowest BCUT2D eigenvalue weighted by atomic mass is 10.2. The van der Waals surface area contributed by atoms with Gasteiger partial charge in [0.15, 0.2) is 0 Å². The van der Waals surface area contributed by atoms with Gasteiger partial charge in [-0.05, 0) is 31.5 Å². The summed E-state index contributed by atoms with van der Waals surface area (Å²) < 4.78 is 6.45. The maximum Gasteiger partial charge on any atom is 0.121 e. The molecular formula is C12H14N2OS. The van der Waals surface area contributed by atoms with E-state index in [1.165, 1.54) is 22.5 Å². The van der Waals surface area contributed by atoms with Crippen molar-refractivity contribution >= 4 is 21.6 Å². The summed E-state index contributed by atoms with van der Waals surface area (Å²) in [6.07, 6.45) is 2.46. The van der Waals surface area contributed by atoms with Gasteiger partial charge in [-0.2, -0.15) is 0 Å². The van der Waals surface area contributed by atoms with Crippen molar-refractivity contribution in [1.29, 1.82) is 0 Å². The maximum absolute atomic E-state index is 5.21. The molecule has 3 nitrogen and oxygen atoms in total. The van der Waals surface area contributed by atoms with Crippen molar-refractivity contribution in [3.8, 4) is 5.75 Å². The summed E-state index contributed by atoms with van der Waals surface area (Å²) in [5, 5.41) is 4.69. The molecule has 1 aliphatic heterocycles. The lowest BCUT2D eigenvalue weighted by Gasteiger charge is -2.03. The van der Waals surface area contributed by atoms with Gasteiger partial charge < -0.3 is 10.1 Å². The van der Waals surface area contributed by atoms with Crippen LogP contribution in [0.25, 0.3) is 10.2 Å². The molecule has 1 aromatic heterocycles. The van der Waals surface area contributed by atoms with E-state index in [1.807, 2.05) is 12.1 Å². The van der Waals surface area contributed by atoms with Crippen molar-refractivity contribution in [1.82, 2.24) is 10.3 Å². The highest BCUT2D eigenvalue weighted by Crippen LogP contribution is 2.32. The molecule has 16 heavy (non-hydrogen) atoms. The van der Waals surface area contributed by atoms with Crippen LogP contribution < -0.4 is 10.1 Å². The van der Waals surface area contributed by atoms with Gasteiger partial charge in [-0.15, -0.1) is 11.3 Å². The predicted octanol–water partition coefficient (Wildman–Crippen LogP) is 2.73. The molecule has 0 spiro atoms.